The van der Waals surface area contributed by atoms with Gasteiger partial charge in [-0.25, -0.2) is 0 Å². The molecular formula is C12H23N3. The van der Waals surface area contributed by atoms with Crippen LogP contribution in [0.4, 0.5) is 0 Å². The molecule has 3 nitrogen and oxygen atoms in total. The Morgan fingerprint density at radius 3 is 2.87 bits per heavy atom. The van der Waals surface area contributed by atoms with Gasteiger partial charge < -0.3 is 5.32 Å². The fourth-order valence-electron chi connectivity index (χ4n) is 2.00. The zero-order chi connectivity index (χ0) is 11.3. The number of nitrogens with zero attached hydrogens (tertiary/aromatic N) is 2. The Bertz CT molecular complexity index is 230. The van der Waals surface area contributed by atoms with E-state index in [9.17, 15) is 0 Å². The summed E-state index contributed by atoms with van der Waals surface area (Å²) in [5.41, 5.74) is -0.155. The molecular weight excluding hydrogens is 186 g/mol. The molecule has 86 valence electrons. The lowest BCUT2D eigenvalue weighted by Crippen LogP contribution is -2.50. The van der Waals surface area contributed by atoms with E-state index in [2.05, 4.69) is 23.2 Å². The van der Waals surface area contributed by atoms with Gasteiger partial charge in [-0.15, -0.1) is 0 Å². The third-order valence-electron chi connectivity index (χ3n) is 3.19. The number of hydrogen-bond acceptors (Lipinski definition) is 3. The maximum Gasteiger partial charge on any atom is 0.0683 e. The average Bonchev–Trinajstić information content (AvgIpc) is 2.21. The first kappa shape index (κ1) is 12.5. The van der Waals surface area contributed by atoms with E-state index in [0.717, 1.165) is 39.0 Å². The molecule has 0 bridgehead atoms. The van der Waals surface area contributed by atoms with Crippen molar-refractivity contribution < 1.29 is 0 Å². The second-order valence-corrected chi connectivity index (χ2v) is 5.19. The number of nitrogens with one attached hydrogen (secondary N) is 1. The normalized spacial score (nSPS) is 23.7. The summed E-state index contributed by atoms with van der Waals surface area (Å²) in [6.45, 7) is 10.8. The van der Waals surface area contributed by atoms with Crippen LogP contribution >= 0.6 is 0 Å². The van der Waals surface area contributed by atoms with E-state index >= 15 is 0 Å². The predicted octanol–water partition coefficient (Wildman–Crippen LogP) is 1.61. The maximum atomic E-state index is 8.91. The van der Waals surface area contributed by atoms with Gasteiger partial charge in [0.1, 0.15) is 0 Å². The Balaban J connectivity index is 2.22. The van der Waals surface area contributed by atoms with Crippen molar-refractivity contribution in [2.75, 3.05) is 26.2 Å². The summed E-state index contributed by atoms with van der Waals surface area (Å²) in [6, 6.07) is 3.00. The van der Waals surface area contributed by atoms with Crippen LogP contribution in [0.25, 0.3) is 0 Å². The number of rotatable bonds is 4. The van der Waals surface area contributed by atoms with Gasteiger partial charge in [-0.1, -0.05) is 0 Å². The van der Waals surface area contributed by atoms with E-state index in [0.29, 0.717) is 6.04 Å². The molecule has 1 aliphatic heterocycles. The van der Waals surface area contributed by atoms with Gasteiger partial charge in [0.15, 0.2) is 0 Å². The molecule has 1 aliphatic rings. The molecule has 0 aromatic carbocycles. The predicted molar refractivity (Wildman–Crippen MR) is 62.5 cm³/mol. The van der Waals surface area contributed by atoms with Crippen LogP contribution < -0.4 is 5.32 Å². The van der Waals surface area contributed by atoms with Gasteiger partial charge in [-0.2, -0.15) is 5.26 Å². The van der Waals surface area contributed by atoms with Crippen LogP contribution in [0.2, 0.25) is 0 Å². The lowest BCUT2D eigenvalue weighted by Gasteiger charge is -2.34. The van der Waals surface area contributed by atoms with Crippen molar-refractivity contribution in [2.24, 2.45) is 5.41 Å². The standard InChI is InChI=1S/C12H23N3/c1-11-9-14-6-8-15(11)7-4-5-12(2,3)10-13/h11,14H,4-9H2,1-3H3/t11-/m1/s1. The first-order valence-electron chi connectivity index (χ1n) is 5.91. The van der Waals surface area contributed by atoms with Crippen LogP contribution in [-0.4, -0.2) is 37.1 Å². The van der Waals surface area contributed by atoms with E-state index in [4.69, 9.17) is 5.26 Å². The molecule has 0 aromatic heterocycles. The first-order valence-corrected chi connectivity index (χ1v) is 5.91. The molecule has 15 heavy (non-hydrogen) atoms. The first-order chi connectivity index (χ1) is 7.05. The van der Waals surface area contributed by atoms with Crippen molar-refractivity contribution in [1.82, 2.24) is 10.2 Å². The minimum absolute atomic E-state index is 0.155. The fourth-order valence-corrected chi connectivity index (χ4v) is 2.00. The molecule has 0 unspecified atom stereocenters. The van der Waals surface area contributed by atoms with Gasteiger partial charge in [0.2, 0.25) is 0 Å². The van der Waals surface area contributed by atoms with E-state index < -0.39 is 0 Å². The molecule has 0 radical (unpaired) electrons. The summed E-state index contributed by atoms with van der Waals surface area (Å²) in [7, 11) is 0. The molecule has 0 spiro atoms. The molecule has 1 fully saturated rings. The molecule has 1 N–H and O–H groups in total. The zero-order valence-electron chi connectivity index (χ0n) is 10.2. The lowest BCUT2D eigenvalue weighted by molar-refractivity contribution is 0.166. The SMILES string of the molecule is C[C@@H]1CNCCN1CCCC(C)(C)C#N. The summed E-state index contributed by atoms with van der Waals surface area (Å²) < 4.78 is 0. The summed E-state index contributed by atoms with van der Waals surface area (Å²) >= 11 is 0. The van der Waals surface area contributed by atoms with Crippen molar-refractivity contribution in [3.05, 3.63) is 0 Å². The van der Waals surface area contributed by atoms with Crippen molar-refractivity contribution in [3.8, 4) is 6.07 Å². The lowest BCUT2D eigenvalue weighted by atomic mass is 9.89. The Morgan fingerprint density at radius 1 is 1.53 bits per heavy atom. The van der Waals surface area contributed by atoms with Crippen LogP contribution in [0.3, 0.4) is 0 Å². The summed E-state index contributed by atoms with van der Waals surface area (Å²) in [6.07, 6.45) is 2.13. The molecule has 0 saturated carbocycles. The quantitative estimate of drug-likeness (QED) is 0.764. The molecule has 0 aliphatic carbocycles. The fraction of sp³-hybridized carbons (Fsp3) is 0.917. The summed E-state index contributed by atoms with van der Waals surface area (Å²) in [5, 5.41) is 12.3. The van der Waals surface area contributed by atoms with E-state index in [1.807, 2.05) is 13.8 Å². The zero-order valence-corrected chi connectivity index (χ0v) is 10.2. The minimum Gasteiger partial charge on any atom is -0.314 e. The highest BCUT2D eigenvalue weighted by Crippen LogP contribution is 2.21. The van der Waals surface area contributed by atoms with Gasteiger partial charge in [0.05, 0.1) is 11.5 Å². The number of nitriles is 1. The molecule has 1 atom stereocenters. The summed E-state index contributed by atoms with van der Waals surface area (Å²) in [5.74, 6) is 0. The van der Waals surface area contributed by atoms with Crippen molar-refractivity contribution in [3.63, 3.8) is 0 Å². The van der Waals surface area contributed by atoms with Gasteiger partial charge in [0, 0.05) is 25.7 Å². The van der Waals surface area contributed by atoms with Crippen LogP contribution in [0.15, 0.2) is 0 Å². The topological polar surface area (TPSA) is 39.1 Å². The molecule has 1 rings (SSSR count). The van der Waals surface area contributed by atoms with Gasteiger partial charge in [0.25, 0.3) is 0 Å². The van der Waals surface area contributed by atoms with Crippen LogP contribution in [0.5, 0.6) is 0 Å². The highest BCUT2D eigenvalue weighted by atomic mass is 15.2. The average molecular weight is 209 g/mol. The third-order valence-corrected chi connectivity index (χ3v) is 3.19. The smallest absolute Gasteiger partial charge is 0.0683 e. The molecule has 0 amide bonds. The van der Waals surface area contributed by atoms with Gasteiger partial charge in [-0.05, 0) is 40.2 Å². The Labute approximate surface area is 93.5 Å². The molecule has 0 aromatic rings. The van der Waals surface area contributed by atoms with Crippen molar-refractivity contribution in [2.45, 2.75) is 39.7 Å². The molecule has 1 heterocycles. The van der Waals surface area contributed by atoms with Crippen LogP contribution in [0.1, 0.15) is 33.6 Å². The Hall–Kier alpha value is -0.590. The van der Waals surface area contributed by atoms with E-state index in [1.165, 1.54) is 0 Å². The molecule has 1 saturated heterocycles. The van der Waals surface area contributed by atoms with Gasteiger partial charge in [-0.3, -0.25) is 4.90 Å². The van der Waals surface area contributed by atoms with Crippen molar-refractivity contribution >= 4 is 0 Å². The van der Waals surface area contributed by atoms with Gasteiger partial charge >= 0.3 is 0 Å². The monoisotopic (exact) mass is 209 g/mol. The Kier molecular flexibility index (Phi) is 4.56. The van der Waals surface area contributed by atoms with Crippen molar-refractivity contribution in [1.29, 1.82) is 5.26 Å². The van der Waals surface area contributed by atoms with Crippen LogP contribution in [-0.2, 0) is 0 Å². The Morgan fingerprint density at radius 2 is 2.27 bits per heavy atom. The molecule has 3 heteroatoms. The minimum atomic E-state index is -0.155. The second kappa shape index (κ2) is 5.48. The highest BCUT2D eigenvalue weighted by Gasteiger charge is 2.20. The van der Waals surface area contributed by atoms with E-state index in [1.54, 1.807) is 0 Å². The third kappa shape index (κ3) is 4.19. The second-order valence-electron chi connectivity index (χ2n) is 5.19. The van der Waals surface area contributed by atoms with E-state index in [-0.39, 0.29) is 5.41 Å². The van der Waals surface area contributed by atoms with Crippen LogP contribution in [0, 0.1) is 16.7 Å². The highest BCUT2D eigenvalue weighted by molar-refractivity contribution is 4.91. The largest absolute Gasteiger partial charge is 0.314 e. The summed E-state index contributed by atoms with van der Waals surface area (Å²) in [4.78, 5) is 2.52. The number of piperazine rings is 1. The number of hydrogen-bond donors (Lipinski definition) is 1. The maximum absolute atomic E-state index is 8.91.